The van der Waals surface area contributed by atoms with Crippen LogP contribution in [0, 0.1) is 5.92 Å². The summed E-state index contributed by atoms with van der Waals surface area (Å²) in [6.07, 6.45) is 57.3. The lowest BCUT2D eigenvalue weighted by Gasteiger charge is -2.21. The van der Waals surface area contributed by atoms with Crippen LogP contribution in [-0.4, -0.2) is 96.7 Å². The van der Waals surface area contributed by atoms with E-state index in [1.165, 1.54) is 212 Å². The van der Waals surface area contributed by atoms with Crippen LogP contribution in [0.25, 0.3) is 0 Å². The molecule has 0 amide bonds. The van der Waals surface area contributed by atoms with E-state index < -0.39 is 97.5 Å². The molecule has 0 saturated heterocycles. The molecule has 2 unspecified atom stereocenters. The molecule has 0 heterocycles. The Bertz CT molecular complexity index is 1810. The lowest BCUT2D eigenvalue weighted by Crippen LogP contribution is -2.30. The zero-order valence-corrected chi connectivity index (χ0v) is 62.9. The fourth-order valence-corrected chi connectivity index (χ4v) is 13.1. The Morgan fingerprint density at radius 2 is 0.489 bits per heavy atom. The summed E-state index contributed by atoms with van der Waals surface area (Å²) in [5.41, 5.74) is 0. The van der Waals surface area contributed by atoms with Gasteiger partial charge in [-0.15, -0.1) is 0 Å². The van der Waals surface area contributed by atoms with Crippen molar-refractivity contribution in [2.45, 2.75) is 412 Å². The number of carbonyl (C=O) groups is 4. The SMILES string of the molecule is CCCCCCCCCCCCCCCCCCCCC(=O)OC[C@H](COP(=O)(O)OC[C@@H](O)COP(=O)(O)OC[C@@H](COC(=O)CCCCCCC)OC(=O)CCCCCCCCCCCCCC)OC(=O)CCCCCCCCCCCCCCCCCCC(C)C. The summed E-state index contributed by atoms with van der Waals surface area (Å²) >= 11 is 0. The zero-order valence-electron chi connectivity index (χ0n) is 61.1. The van der Waals surface area contributed by atoms with Crippen LogP contribution >= 0.6 is 15.6 Å². The molecule has 3 N–H and O–H groups in total. The van der Waals surface area contributed by atoms with E-state index in [0.717, 1.165) is 102 Å². The second kappa shape index (κ2) is 68.2. The van der Waals surface area contributed by atoms with Gasteiger partial charge < -0.3 is 33.8 Å². The molecule has 0 radical (unpaired) electrons. The van der Waals surface area contributed by atoms with Gasteiger partial charge in [0, 0.05) is 25.7 Å². The summed E-state index contributed by atoms with van der Waals surface area (Å²) in [5.74, 6) is -1.32. The third kappa shape index (κ3) is 68.6. The van der Waals surface area contributed by atoms with Crippen molar-refractivity contribution >= 4 is 39.5 Å². The number of carbonyl (C=O) groups excluding carboxylic acids is 4. The Morgan fingerprint density at radius 1 is 0.287 bits per heavy atom. The molecule has 0 saturated carbocycles. The molecule has 0 aromatic carbocycles. The van der Waals surface area contributed by atoms with Crippen LogP contribution in [0.15, 0.2) is 0 Å². The molecule has 0 aliphatic heterocycles. The van der Waals surface area contributed by atoms with Crippen LogP contribution < -0.4 is 0 Å². The van der Waals surface area contributed by atoms with Gasteiger partial charge in [0.2, 0.25) is 0 Å². The molecule has 0 aromatic rings. The number of unbranched alkanes of at least 4 members (excludes halogenated alkanes) is 47. The highest BCUT2D eigenvalue weighted by atomic mass is 31.2. The van der Waals surface area contributed by atoms with Crippen molar-refractivity contribution < 1.29 is 80.2 Å². The van der Waals surface area contributed by atoms with Gasteiger partial charge in [-0.3, -0.25) is 37.3 Å². The molecule has 558 valence electrons. The predicted octanol–water partition coefficient (Wildman–Crippen LogP) is 22.1. The summed E-state index contributed by atoms with van der Waals surface area (Å²) in [6, 6.07) is 0. The van der Waals surface area contributed by atoms with E-state index >= 15 is 0 Å². The monoisotopic (exact) mass is 1380 g/mol. The van der Waals surface area contributed by atoms with Crippen LogP contribution in [0.4, 0.5) is 0 Å². The summed E-state index contributed by atoms with van der Waals surface area (Å²) in [5, 5.41) is 10.6. The minimum absolute atomic E-state index is 0.107. The maximum Gasteiger partial charge on any atom is 0.472 e. The van der Waals surface area contributed by atoms with Crippen LogP contribution in [0.3, 0.4) is 0 Å². The number of phosphoric ester groups is 2. The van der Waals surface area contributed by atoms with Gasteiger partial charge in [0.25, 0.3) is 0 Å². The third-order valence-corrected chi connectivity index (χ3v) is 19.4. The van der Waals surface area contributed by atoms with Gasteiger partial charge in [-0.05, 0) is 31.6 Å². The predicted molar refractivity (Wildman–Crippen MR) is 382 cm³/mol. The van der Waals surface area contributed by atoms with Crippen molar-refractivity contribution in [3.05, 3.63) is 0 Å². The van der Waals surface area contributed by atoms with Gasteiger partial charge in [-0.1, -0.05) is 343 Å². The molecule has 94 heavy (non-hydrogen) atoms. The Balaban J connectivity index is 5.13. The first-order valence-electron chi connectivity index (χ1n) is 39.1. The zero-order chi connectivity index (χ0) is 69.1. The van der Waals surface area contributed by atoms with Crippen molar-refractivity contribution in [3.63, 3.8) is 0 Å². The van der Waals surface area contributed by atoms with Gasteiger partial charge in [-0.25, -0.2) is 9.13 Å². The molecule has 0 fully saturated rings. The molecule has 17 nitrogen and oxygen atoms in total. The van der Waals surface area contributed by atoms with Crippen LogP contribution in [0.2, 0.25) is 0 Å². The first-order valence-corrected chi connectivity index (χ1v) is 42.1. The topological polar surface area (TPSA) is 237 Å². The molecule has 5 atom stereocenters. The van der Waals surface area contributed by atoms with Crippen LogP contribution in [0.5, 0.6) is 0 Å². The second-order valence-electron chi connectivity index (χ2n) is 27.5. The number of rotatable bonds is 75. The number of esters is 4. The van der Waals surface area contributed by atoms with Crippen molar-refractivity contribution in [2.24, 2.45) is 5.92 Å². The third-order valence-electron chi connectivity index (χ3n) is 17.5. The molecule has 0 spiro atoms. The molecule has 0 aliphatic rings. The second-order valence-corrected chi connectivity index (χ2v) is 30.4. The van der Waals surface area contributed by atoms with Crippen molar-refractivity contribution in [3.8, 4) is 0 Å². The number of aliphatic hydroxyl groups is 1. The molecule has 0 rings (SSSR count). The van der Waals surface area contributed by atoms with Crippen molar-refractivity contribution in [1.29, 1.82) is 0 Å². The quantitative estimate of drug-likeness (QED) is 0.0222. The van der Waals surface area contributed by atoms with Gasteiger partial charge in [-0.2, -0.15) is 0 Å². The van der Waals surface area contributed by atoms with Gasteiger partial charge in [0.15, 0.2) is 12.2 Å². The summed E-state index contributed by atoms with van der Waals surface area (Å²) in [4.78, 5) is 72.5. The normalized spacial score (nSPS) is 14.0. The molecule has 19 heteroatoms. The first-order chi connectivity index (χ1) is 45.5. The number of hydrogen-bond donors (Lipinski definition) is 3. The smallest absolute Gasteiger partial charge is 0.462 e. The maximum atomic E-state index is 13.1. The first kappa shape index (κ1) is 92.1. The molecule has 0 aliphatic carbocycles. The molecule has 0 aromatic heterocycles. The largest absolute Gasteiger partial charge is 0.472 e. The average Bonchev–Trinajstić information content (AvgIpc) is 2.28. The van der Waals surface area contributed by atoms with Crippen LogP contribution in [0.1, 0.15) is 394 Å². The number of aliphatic hydroxyl groups excluding tert-OH is 1. The minimum atomic E-state index is -4.95. The van der Waals surface area contributed by atoms with E-state index in [-0.39, 0.29) is 25.7 Å². The highest BCUT2D eigenvalue weighted by Crippen LogP contribution is 2.45. The Morgan fingerprint density at radius 3 is 0.723 bits per heavy atom. The molecule has 0 bridgehead atoms. The standard InChI is InChI=1S/C75H146O17P2/c1-6-9-12-15-17-19-21-23-24-25-26-30-33-37-40-44-49-54-59-73(78)86-65-71(92-75(80)61-56-51-46-42-38-34-31-28-27-29-32-35-39-43-48-52-57-68(4)5)67-90-94(83,84)88-63-69(76)62-87-93(81,82)89-66-70(64-85-72(77)58-53-47-14-11-8-3)91-74(79)60-55-50-45-41-36-22-20-18-16-13-10-7-2/h68-71,76H,6-67H2,1-5H3,(H,81,82)(H,83,84)/t69-,70+,71+/m0/s1. The number of hydrogen-bond acceptors (Lipinski definition) is 15. The van der Waals surface area contributed by atoms with E-state index in [1.54, 1.807) is 0 Å². The van der Waals surface area contributed by atoms with Gasteiger partial charge in [0.05, 0.1) is 26.4 Å². The van der Waals surface area contributed by atoms with Crippen molar-refractivity contribution in [2.75, 3.05) is 39.6 Å². The van der Waals surface area contributed by atoms with Crippen LogP contribution in [-0.2, 0) is 65.4 Å². The highest BCUT2D eigenvalue weighted by molar-refractivity contribution is 7.47. The Hall–Kier alpha value is -1.94. The van der Waals surface area contributed by atoms with E-state index in [9.17, 15) is 43.2 Å². The summed E-state index contributed by atoms with van der Waals surface area (Å²) < 4.78 is 68.3. The van der Waals surface area contributed by atoms with Gasteiger partial charge >= 0.3 is 39.5 Å². The Kier molecular flexibility index (Phi) is 66.8. The lowest BCUT2D eigenvalue weighted by molar-refractivity contribution is -0.161. The lowest BCUT2D eigenvalue weighted by atomic mass is 10.0. The van der Waals surface area contributed by atoms with E-state index in [0.29, 0.717) is 25.7 Å². The average molecular weight is 1380 g/mol. The Labute approximate surface area is 575 Å². The number of ether oxygens (including phenoxy) is 4. The number of phosphoric acid groups is 2. The molecular formula is C75H146O17P2. The highest BCUT2D eigenvalue weighted by Gasteiger charge is 2.30. The van der Waals surface area contributed by atoms with E-state index in [2.05, 4.69) is 34.6 Å². The van der Waals surface area contributed by atoms with E-state index in [1.807, 2.05) is 0 Å². The van der Waals surface area contributed by atoms with Crippen molar-refractivity contribution in [1.82, 2.24) is 0 Å². The summed E-state index contributed by atoms with van der Waals surface area (Å²) in [6.45, 7) is 7.23. The maximum absolute atomic E-state index is 13.1. The fraction of sp³-hybridized carbons (Fsp3) is 0.947. The molecular weight excluding hydrogens is 1230 g/mol. The summed E-state index contributed by atoms with van der Waals surface area (Å²) in [7, 11) is -9.90. The fourth-order valence-electron chi connectivity index (χ4n) is 11.5. The minimum Gasteiger partial charge on any atom is -0.462 e. The van der Waals surface area contributed by atoms with E-state index in [4.69, 9.17) is 37.0 Å². The van der Waals surface area contributed by atoms with Gasteiger partial charge in [0.1, 0.15) is 19.3 Å².